The summed E-state index contributed by atoms with van der Waals surface area (Å²) in [5.41, 5.74) is 1.25. The van der Waals surface area contributed by atoms with Gasteiger partial charge < -0.3 is 15.4 Å². The molecule has 2 atom stereocenters. The van der Waals surface area contributed by atoms with E-state index in [0.29, 0.717) is 6.04 Å². The van der Waals surface area contributed by atoms with Gasteiger partial charge in [0.1, 0.15) is 5.75 Å². The van der Waals surface area contributed by atoms with Gasteiger partial charge in [-0.05, 0) is 44.0 Å². The molecule has 0 spiro atoms. The number of carbonyl (C=O) groups is 1. The van der Waals surface area contributed by atoms with E-state index in [9.17, 15) is 4.79 Å². The third-order valence-electron chi connectivity index (χ3n) is 3.53. The predicted octanol–water partition coefficient (Wildman–Crippen LogP) is 3.04. The van der Waals surface area contributed by atoms with Crippen molar-refractivity contribution in [2.24, 2.45) is 0 Å². The average Bonchev–Trinajstić information content (AvgIpc) is 2.51. The van der Waals surface area contributed by atoms with E-state index in [1.54, 1.807) is 0 Å². The van der Waals surface area contributed by atoms with Gasteiger partial charge in [-0.2, -0.15) is 0 Å². The summed E-state index contributed by atoms with van der Waals surface area (Å²) in [4.78, 5) is 11.6. The molecule has 0 saturated heterocycles. The number of ether oxygens (including phenoxy) is 1. The Labute approximate surface area is 128 Å². The van der Waals surface area contributed by atoms with Crippen molar-refractivity contribution in [2.45, 2.75) is 52.6 Å². The van der Waals surface area contributed by atoms with E-state index in [1.165, 1.54) is 5.56 Å². The third-order valence-corrected chi connectivity index (χ3v) is 3.53. The van der Waals surface area contributed by atoms with Crippen LogP contribution >= 0.6 is 0 Å². The third kappa shape index (κ3) is 6.17. The molecule has 2 N–H and O–H groups in total. The smallest absolute Gasteiger partial charge is 0.258 e. The molecular weight excluding hydrogens is 264 g/mol. The van der Waals surface area contributed by atoms with Crippen molar-refractivity contribution in [1.82, 2.24) is 10.6 Å². The minimum absolute atomic E-state index is 0.0636. The van der Waals surface area contributed by atoms with Crippen molar-refractivity contribution in [3.05, 3.63) is 29.8 Å². The minimum Gasteiger partial charge on any atom is -0.484 e. The molecule has 4 heteroatoms. The summed E-state index contributed by atoms with van der Waals surface area (Å²) in [5.74, 6) is 0.650. The first-order chi connectivity index (χ1) is 10.1. The fraction of sp³-hybridized carbons (Fsp3) is 0.588. The normalized spacial score (nSPS) is 13.5. The molecule has 118 valence electrons. The predicted molar refractivity (Wildman–Crippen MR) is 86.5 cm³/mol. The highest BCUT2D eigenvalue weighted by molar-refractivity contribution is 5.77. The minimum atomic E-state index is -0.0764. The lowest BCUT2D eigenvalue weighted by Crippen LogP contribution is -2.35. The van der Waals surface area contributed by atoms with E-state index in [0.717, 1.165) is 25.1 Å². The largest absolute Gasteiger partial charge is 0.484 e. The average molecular weight is 292 g/mol. The lowest BCUT2D eigenvalue weighted by Gasteiger charge is -2.17. The maximum absolute atomic E-state index is 11.6. The Kier molecular flexibility index (Phi) is 7.83. The van der Waals surface area contributed by atoms with Crippen molar-refractivity contribution in [3.8, 4) is 5.75 Å². The molecule has 0 aliphatic carbocycles. The van der Waals surface area contributed by atoms with Crippen LogP contribution in [0.2, 0.25) is 0 Å². The summed E-state index contributed by atoms with van der Waals surface area (Å²) in [6.07, 6.45) is 1.97. The van der Waals surface area contributed by atoms with Crippen LogP contribution in [0.1, 0.15) is 52.1 Å². The van der Waals surface area contributed by atoms with Gasteiger partial charge in [0.2, 0.25) is 0 Å². The van der Waals surface area contributed by atoms with Crippen LogP contribution in [0.5, 0.6) is 5.75 Å². The maximum atomic E-state index is 11.6. The molecule has 1 aromatic carbocycles. The fourth-order valence-electron chi connectivity index (χ4n) is 2.11. The zero-order chi connectivity index (χ0) is 15.7. The Morgan fingerprint density at radius 2 is 1.81 bits per heavy atom. The summed E-state index contributed by atoms with van der Waals surface area (Å²) in [7, 11) is 0. The lowest BCUT2D eigenvalue weighted by molar-refractivity contribution is -0.123. The van der Waals surface area contributed by atoms with Crippen LogP contribution in [0.15, 0.2) is 24.3 Å². The van der Waals surface area contributed by atoms with Gasteiger partial charge in [0, 0.05) is 12.1 Å². The van der Waals surface area contributed by atoms with Crippen LogP contribution in [0.4, 0.5) is 0 Å². The molecule has 2 unspecified atom stereocenters. The van der Waals surface area contributed by atoms with Gasteiger partial charge in [-0.15, -0.1) is 0 Å². The summed E-state index contributed by atoms with van der Waals surface area (Å²) < 4.78 is 5.51. The van der Waals surface area contributed by atoms with Gasteiger partial charge in [0.15, 0.2) is 6.61 Å². The molecule has 0 aliphatic rings. The molecule has 0 bridgehead atoms. The molecule has 0 radical (unpaired) electrons. The number of amides is 1. The Bertz CT molecular complexity index is 417. The SMILES string of the molecule is CCNC(CC)c1ccc(OCC(=O)NC(C)CC)cc1. The molecular formula is C17H28N2O2. The quantitative estimate of drug-likeness (QED) is 0.735. The Morgan fingerprint density at radius 1 is 1.14 bits per heavy atom. The van der Waals surface area contributed by atoms with Gasteiger partial charge in [-0.25, -0.2) is 0 Å². The van der Waals surface area contributed by atoms with Crippen LogP contribution in [0, 0.1) is 0 Å². The monoisotopic (exact) mass is 292 g/mol. The number of carbonyl (C=O) groups excluding carboxylic acids is 1. The fourth-order valence-corrected chi connectivity index (χ4v) is 2.11. The van der Waals surface area contributed by atoms with E-state index in [2.05, 4.69) is 36.6 Å². The van der Waals surface area contributed by atoms with Crippen LogP contribution in [0.3, 0.4) is 0 Å². The second-order valence-electron chi connectivity index (χ2n) is 5.25. The highest BCUT2D eigenvalue weighted by Gasteiger charge is 2.09. The number of hydrogen-bond donors (Lipinski definition) is 2. The van der Waals surface area contributed by atoms with Gasteiger partial charge in [-0.3, -0.25) is 4.79 Å². The first-order valence-electron chi connectivity index (χ1n) is 7.86. The van der Waals surface area contributed by atoms with Gasteiger partial charge >= 0.3 is 0 Å². The maximum Gasteiger partial charge on any atom is 0.258 e. The van der Waals surface area contributed by atoms with Crippen molar-refractivity contribution in [1.29, 1.82) is 0 Å². The molecule has 1 amide bonds. The van der Waals surface area contributed by atoms with Crippen LogP contribution < -0.4 is 15.4 Å². The Morgan fingerprint density at radius 3 is 2.33 bits per heavy atom. The molecule has 0 heterocycles. The van der Waals surface area contributed by atoms with E-state index in [4.69, 9.17) is 4.74 Å². The molecule has 4 nitrogen and oxygen atoms in total. The lowest BCUT2D eigenvalue weighted by atomic mass is 10.0. The zero-order valence-electron chi connectivity index (χ0n) is 13.6. The molecule has 21 heavy (non-hydrogen) atoms. The number of hydrogen-bond acceptors (Lipinski definition) is 3. The van der Waals surface area contributed by atoms with E-state index < -0.39 is 0 Å². The molecule has 1 aromatic rings. The van der Waals surface area contributed by atoms with Crippen LogP contribution in [-0.4, -0.2) is 25.1 Å². The molecule has 0 fully saturated rings. The first kappa shape index (κ1) is 17.5. The first-order valence-corrected chi connectivity index (χ1v) is 7.86. The molecule has 0 saturated carbocycles. The Balaban J connectivity index is 2.49. The van der Waals surface area contributed by atoms with E-state index in [1.807, 2.05) is 26.0 Å². The number of rotatable bonds is 9. The van der Waals surface area contributed by atoms with Crippen molar-refractivity contribution < 1.29 is 9.53 Å². The summed E-state index contributed by atoms with van der Waals surface area (Å²) in [6, 6.07) is 8.52. The zero-order valence-corrected chi connectivity index (χ0v) is 13.6. The molecule has 0 aliphatic heterocycles. The van der Waals surface area contributed by atoms with Crippen molar-refractivity contribution in [2.75, 3.05) is 13.2 Å². The van der Waals surface area contributed by atoms with Crippen molar-refractivity contribution in [3.63, 3.8) is 0 Å². The number of benzene rings is 1. The topological polar surface area (TPSA) is 50.4 Å². The van der Waals surface area contributed by atoms with Crippen LogP contribution in [-0.2, 0) is 4.79 Å². The van der Waals surface area contributed by atoms with Crippen molar-refractivity contribution >= 4 is 5.91 Å². The highest BCUT2D eigenvalue weighted by Crippen LogP contribution is 2.20. The van der Waals surface area contributed by atoms with E-state index in [-0.39, 0.29) is 18.6 Å². The van der Waals surface area contributed by atoms with Crippen LogP contribution in [0.25, 0.3) is 0 Å². The van der Waals surface area contributed by atoms with Gasteiger partial charge in [-0.1, -0.05) is 32.9 Å². The Hall–Kier alpha value is -1.55. The van der Waals surface area contributed by atoms with Gasteiger partial charge in [0.25, 0.3) is 5.91 Å². The summed E-state index contributed by atoms with van der Waals surface area (Å²) in [6.45, 7) is 9.31. The second-order valence-corrected chi connectivity index (χ2v) is 5.25. The second kappa shape index (κ2) is 9.40. The number of nitrogens with one attached hydrogen (secondary N) is 2. The highest BCUT2D eigenvalue weighted by atomic mass is 16.5. The van der Waals surface area contributed by atoms with E-state index >= 15 is 0 Å². The standard InChI is InChI=1S/C17H28N2O2/c1-5-13(4)19-17(20)12-21-15-10-8-14(9-11-15)16(6-2)18-7-3/h8-11,13,16,18H,5-7,12H2,1-4H3,(H,19,20). The summed E-state index contributed by atoms with van der Waals surface area (Å²) >= 11 is 0. The summed E-state index contributed by atoms with van der Waals surface area (Å²) in [5, 5.41) is 6.32. The van der Waals surface area contributed by atoms with Gasteiger partial charge in [0.05, 0.1) is 0 Å². The molecule has 1 rings (SSSR count). The molecule has 0 aromatic heterocycles.